The molecule has 1 aromatic heterocycles. The average molecular weight is 273 g/mol. The van der Waals surface area contributed by atoms with Gasteiger partial charge in [-0.25, -0.2) is 4.79 Å². The zero-order valence-electron chi connectivity index (χ0n) is 12.4. The van der Waals surface area contributed by atoms with E-state index in [2.05, 4.69) is 18.2 Å². The van der Waals surface area contributed by atoms with Crippen LogP contribution in [0.15, 0.2) is 23.0 Å². The van der Waals surface area contributed by atoms with Crippen molar-refractivity contribution in [2.45, 2.75) is 37.5 Å². The van der Waals surface area contributed by atoms with E-state index in [1.165, 1.54) is 24.8 Å². The number of hydrogen-bond acceptors (Lipinski definition) is 2. The maximum atomic E-state index is 12.0. The van der Waals surface area contributed by atoms with Crippen molar-refractivity contribution in [1.29, 1.82) is 0 Å². The van der Waals surface area contributed by atoms with E-state index in [1.54, 1.807) is 9.13 Å². The van der Waals surface area contributed by atoms with Crippen LogP contribution in [0.1, 0.15) is 37.7 Å². The molecule has 1 fully saturated rings. The second-order valence-electron chi connectivity index (χ2n) is 6.15. The van der Waals surface area contributed by atoms with Crippen LogP contribution in [0.4, 0.5) is 0 Å². The monoisotopic (exact) mass is 273 g/mol. The average Bonchev–Trinajstić information content (AvgIpc) is 2.72. The van der Waals surface area contributed by atoms with Crippen molar-refractivity contribution in [3.05, 3.63) is 34.2 Å². The minimum atomic E-state index is 0.0302. The van der Waals surface area contributed by atoms with E-state index >= 15 is 0 Å². The first-order chi connectivity index (χ1) is 9.59. The Hall–Kier alpha value is -1.55. The highest BCUT2D eigenvalue weighted by molar-refractivity contribution is 5.77. The lowest BCUT2D eigenvalue weighted by Crippen LogP contribution is -2.37. The van der Waals surface area contributed by atoms with Gasteiger partial charge in [0.25, 0.3) is 0 Å². The van der Waals surface area contributed by atoms with Gasteiger partial charge in [-0.15, -0.1) is 0 Å². The second kappa shape index (κ2) is 4.77. The molecule has 0 spiro atoms. The van der Waals surface area contributed by atoms with Crippen LogP contribution in [-0.2, 0) is 19.5 Å². The van der Waals surface area contributed by atoms with Crippen molar-refractivity contribution in [3.63, 3.8) is 0 Å². The molecule has 2 aromatic rings. The van der Waals surface area contributed by atoms with Crippen molar-refractivity contribution >= 4 is 11.0 Å². The predicted molar refractivity (Wildman–Crippen MR) is 82.0 cm³/mol. The molecule has 1 aliphatic carbocycles. The van der Waals surface area contributed by atoms with E-state index < -0.39 is 0 Å². The number of nitrogens with two attached hydrogens (primary N) is 1. The van der Waals surface area contributed by atoms with Crippen LogP contribution in [-0.4, -0.2) is 15.7 Å². The molecule has 3 rings (SSSR count). The van der Waals surface area contributed by atoms with Gasteiger partial charge in [0, 0.05) is 26.1 Å². The van der Waals surface area contributed by atoms with Gasteiger partial charge in [-0.05, 0) is 30.5 Å². The Kier molecular flexibility index (Phi) is 3.21. The van der Waals surface area contributed by atoms with E-state index in [-0.39, 0.29) is 11.1 Å². The third-order valence-corrected chi connectivity index (χ3v) is 5.09. The van der Waals surface area contributed by atoms with Crippen LogP contribution in [0.5, 0.6) is 0 Å². The summed E-state index contributed by atoms with van der Waals surface area (Å²) in [4.78, 5) is 12.0. The van der Waals surface area contributed by atoms with Crippen molar-refractivity contribution < 1.29 is 0 Å². The van der Waals surface area contributed by atoms with Gasteiger partial charge in [0.2, 0.25) is 0 Å². The number of nitrogens with zero attached hydrogens (tertiary/aromatic N) is 2. The summed E-state index contributed by atoms with van der Waals surface area (Å²) >= 11 is 0. The Morgan fingerprint density at radius 2 is 1.75 bits per heavy atom. The van der Waals surface area contributed by atoms with Gasteiger partial charge in [-0.2, -0.15) is 0 Å². The lowest BCUT2D eigenvalue weighted by molar-refractivity contribution is 0.301. The fourth-order valence-corrected chi connectivity index (χ4v) is 3.68. The molecule has 1 heterocycles. The molecule has 20 heavy (non-hydrogen) atoms. The number of fused-ring (bicyclic) bond motifs is 1. The molecule has 4 heteroatoms. The molecular formula is C16H23N3O. The smallest absolute Gasteiger partial charge is 0.328 e. The standard InChI is InChI=1S/C16H23N3O/c1-18-13-7-6-12(10-14(13)19(2)15(18)20)16(11-17)8-4-3-5-9-16/h6-7,10H,3-5,8-9,11,17H2,1-2H3. The first kappa shape index (κ1) is 13.4. The van der Waals surface area contributed by atoms with Crippen molar-refractivity contribution in [3.8, 4) is 0 Å². The van der Waals surface area contributed by atoms with Crippen LogP contribution in [0.2, 0.25) is 0 Å². The van der Waals surface area contributed by atoms with Crippen molar-refractivity contribution in [2.75, 3.05) is 6.54 Å². The molecule has 0 bridgehead atoms. The number of hydrogen-bond donors (Lipinski definition) is 1. The highest BCUT2D eigenvalue weighted by atomic mass is 16.1. The maximum absolute atomic E-state index is 12.0. The molecule has 0 radical (unpaired) electrons. The molecule has 0 aliphatic heterocycles. The van der Waals surface area contributed by atoms with Gasteiger partial charge >= 0.3 is 5.69 Å². The van der Waals surface area contributed by atoms with E-state index in [1.807, 2.05) is 14.1 Å². The first-order valence-electron chi connectivity index (χ1n) is 7.45. The number of aromatic nitrogens is 2. The minimum absolute atomic E-state index is 0.0302. The largest absolute Gasteiger partial charge is 0.330 e. The van der Waals surface area contributed by atoms with Gasteiger partial charge in [-0.3, -0.25) is 9.13 Å². The Bertz CT molecular complexity index is 690. The Balaban J connectivity index is 2.17. The molecule has 0 atom stereocenters. The molecule has 0 unspecified atom stereocenters. The van der Waals surface area contributed by atoms with E-state index in [0.717, 1.165) is 23.9 Å². The minimum Gasteiger partial charge on any atom is -0.330 e. The quantitative estimate of drug-likeness (QED) is 0.910. The van der Waals surface area contributed by atoms with Gasteiger partial charge in [0.05, 0.1) is 11.0 Å². The van der Waals surface area contributed by atoms with Gasteiger partial charge in [-0.1, -0.05) is 25.3 Å². The van der Waals surface area contributed by atoms with Crippen LogP contribution in [0.3, 0.4) is 0 Å². The Morgan fingerprint density at radius 3 is 2.40 bits per heavy atom. The summed E-state index contributed by atoms with van der Waals surface area (Å²) in [6.45, 7) is 0.694. The molecule has 0 saturated heterocycles. The summed E-state index contributed by atoms with van der Waals surface area (Å²) in [5.74, 6) is 0. The molecule has 1 saturated carbocycles. The molecule has 4 nitrogen and oxygen atoms in total. The normalized spacial score (nSPS) is 18.6. The van der Waals surface area contributed by atoms with Crippen LogP contribution in [0, 0.1) is 0 Å². The number of imidazole rings is 1. The zero-order valence-corrected chi connectivity index (χ0v) is 12.4. The maximum Gasteiger partial charge on any atom is 0.328 e. The zero-order chi connectivity index (χ0) is 14.3. The van der Waals surface area contributed by atoms with Crippen LogP contribution < -0.4 is 11.4 Å². The number of rotatable bonds is 2. The summed E-state index contributed by atoms with van der Waals surface area (Å²) in [6.07, 6.45) is 6.14. The molecular weight excluding hydrogens is 250 g/mol. The van der Waals surface area contributed by atoms with Crippen molar-refractivity contribution in [2.24, 2.45) is 19.8 Å². The highest BCUT2D eigenvalue weighted by Gasteiger charge is 2.32. The third-order valence-electron chi connectivity index (χ3n) is 5.09. The van der Waals surface area contributed by atoms with Crippen molar-refractivity contribution in [1.82, 2.24) is 9.13 Å². The number of aryl methyl sites for hydroxylation is 2. The third kappa shape index (κ3) is 1.82. The molecule has 1 aromatic carbocycles. The van der Waals surface area contributed by atoms with E-state index in [9.17, 15) is 4.79 Å². The highest BCUT2D eigenvalue weighted by Crippen LogP contribution is 2.39. The van der Waals surface area contributed by atoms with Crippen LogP contribution >= 0.6 is 0 Å². The summed E-state index contributed by atoms with van der Waals surface area (Å²) in [5.41, 5.74) is 9.55. The lowest BCUT2D eigenvalue weighted by Gasteiger charge is -2.37. The Morgan fingerprint density at radius 1 is 1.10 bits per heavy atom. The molecule has 0 amide bonds. The molecule has 2 N–H and O–H groups in total. The van der Waals surface area contributed by atoms with Gasteiger partial charge < -0.3 is 5.73 Å². The van der Waals surface area contributed by atoms with E-state index in [4.69, 9.17) is 5.73 Å². The molecule has 1 aliphatic rings. The lowest BCUT2D eigenvalue weighted by atomic mass is 9.69. The van der Waals surface area contributed by atoms with E-state index in [0.29, 0.717) is 6.54 Å². The topological polar surface area (TPSA) is 53.0 Å². The van der Waals surface area contributed by atoms with Gasteiger partial charge in [0.1, 0.15) is 0 Å². The fourth-order valence-electron chi connectivity index (χ4n) is 3.68. The Labute approximate surface area is 119 Å². The first-order valence-corrected chi connectivity index (χ1v) is 7.45. The SMILES string of the molecule is Cn1c(=O)n(C)c2cc(C3(CN)CCCCC3)ccc21. The summed E-state index contributed by atoms with van der Waals surface area (Å²) in [5, 5.41) is 0. The van der Waals surface area contributed by atoms with Crippen LogP contribution in [0.25, 0.3) is 11.0 Å². The summed E-state index contributed by atoms with van der Waals surface area (Å²) < 4.78 is 3.43. The number of benzene rings is 1. The second-order valence-corrected chi connectivity index (χ2v) is 6.15. The fraction of sp³-hybridized carbons (Fsp3) is 0.562. The van der Waals surface area contributed by atoms with Gasteiger partial charge in [0.15, 0.2) is 0 Å². The summed E-state index contributed by atoms with van der Waals surface area (Å²) in [7, 11) is 3.66. The summed E-state index contributed by atoms with van der Waals surface area (Å²) in [6, 6.07) is 6.41. The molecule has 108 valence electrons. The predicted octanol–water partition coefficient (Wildman–Crippen LogP) is 2.04.